The lowest BCUT2D eigenvalue weighted by Gasteiger charge is -2.34. The molecule has 8 unspecified atom stereocenters. The number of aliphatic hydroxyl groups excluding tert-OH is 9. The molecule has 2 aromatic carbocycles. The number of aliphatic imine (C=N–C) groups is 4. The van der Waals surface area contributed by atoms with Crippen LogP contribution in [0, 0.1) is 23.7 Å². The van der Waals surface area contributed by atoms with Crippen molar-refractivity contribution in [2.45, 2.75) is 208 Å². The second-order valence-corrected chi connectivity index (χ2v) is 53.0. The number of carboxylic acids is 1. The zero-order chi connectivity index (χ0) is 92.3. The number of fused-ring (bicyclic) bond motifs is 3. The highest BCUT2D eigenvalue weighted by molar-refractivity contribution is 7.73. The van der Waals surface area contributed by atoms with Gasteiger partial charge in [-0.3, -0.25) is 29.4 Å². The Bertz CT molecular complexity index is 4560. The standard InChI is InChI=1S/C35H47N4O7P.C20H37N4O5P.C17H26N3O3P.C16H28N3O4P/c1-22(33(42)46-35(43)44-21-27-25-14-7-5-12-23(25)24-13-6-8-15-26(24)27)11-9-10-18-37-34-38-29(36)16-19-39(34)32-31(41)30(40)28(45-32)17-20-47(2,3)4;1-13(19(27)28)7-5-6-10-22-20-23-15(21)8-11-24(20)18-17(26)16(25)14(29-18)9-12-30(2,3)4;1-6-7-12-10-20(11(2)19-16(12)18)17-15(22)14(21)13(23-17)8-9-24(3,4)5;1-10-18-15(17)11(5-7-20)9-19(10)16-14(22)13(21)12(23-16)6-8-24(2,3)4/h5-8,12-16,19,22,27-32,40-41H,2,9-11,17-18,20-21,36H2,1,3-4H3,(H,37,38);8,11,13-18,25-26H,2,5-7,9-10,12,21H2,1,3-4H3,(H,22,23)(H,27,28);10,13-15,17,21-22H,2-3,8-9H2,1,4-5H3,(H2,18,19);9,12-14,16,20-22H,1-2,5-8H2,3-4H3,(H2,17,18)/t22?,28-,29?,30-,31-,32?;13?,14-,15?,16-,17-,18?;13-,14-,15-,17?;12-,13-,14-,16?/m1111/s1. The lowest BCUT2D eigenvalue weighted by atomic mass is 9.98. The van der Waals surface area contributed by atoms with E-state index in [4.69, 9.17) is 61.6 Å². The highest BCUT2D eigenvalue weighted by Crippen LogP contribution is 2.46. The Morgan fingerprint density at radius 2 is 0.920 bits per heavy atom. The van der Waals surface area contributed by atoms with Gasteiger partial charge >= 0.3 is 18.1 Å². The molecule has 0 spiro atoms. The summed E-state index contributed by atoms with van der Waals surface area (Å²) in [5, 5.41) is 108. The molecule has 8 heterocycles. The molecule has 11 rings (SSSR count). The number of nitrogens with one attached hydrogen (secondary N) is 2. The molecule has 1 aliphatic carbocycles. The van der Waals surface area contributed by atoms with Crippen molar-refractivity contribution in [2.75, 3.05) is 104 Å². The van der Waals surface area contributed by atoms with Crippen LogP contribution in [0.2, 0.25) is 0 Å². The minimum atomic E-state index is -1.31. The van der Waals surface area contributed by atoms with Gasteiger partial charge in [0.2, 0.25) is 11.9 Å². The van der Waals surface area contributed by atoms with Gasteiger partial charge in [-0.2, -0.15) is 0 Å². The van der Waals surface area contributed by atoms with E-state index in [-0.39, 0.29) is 30.9 Å². The summed E-state index contributed by atoms with van der Waals surface area (Å²) in [4.78, 5) is 59.9. The highest BCUT2D eigenvalue weighted by Gasteiger charge is 2.51. The largest absolute Gasteiger partial charge is 0.516 e. The van der Waals surface area contributed by atoms with Crippen LogP contribution in [0.5, 0.6) is 0 Å². The SMILES string of the molecule is C=C1N=C(N)C(C#CC)=CN1C1O[C@H](CCP(=C)(C)C)[C@@H](O)[C@H]1O.C=C1N=C(N)C(CCO)=CN1C1O[C@H](CCP(=C)(C)C)[C@@H](O)[C@H]1O.C=P(C)(C)CC[C@H]1OC(N2C=CC(N)NC2=NCCCCC(C)C(=O)O)[C@H](O)[C@@H]1O.C=P(C)(C)CC[C@H]1OC(N2C=CC(N)NC2=NCCCCC(C)C(=O)OC(=O)OCC2c3ccccc3-c3ccccc32)[C@H](O)[C@@H]1O. The number of carboxylic acid groups (broad SMARTS) is 1. The Labute approximate surface area is 737 Å². The number of esters is 1. The maximum Gasteiger partial charge on any atom is 0.516 e. The van der Waals surface area contributed by atoms with Crippen LogP contribution in [0.4, 0.5) is 4.79 Å². The molecule has 0 saturated carbocycles. The van der Waals surface area contributed by atoms with E-state index in [2.05, 4.69) is 146 Å². The first kappa shape index (κ1) is 103. The fourth-order valence-corrected chi connectivity index (χ4v) is 18.9. The Hall–Kier alpha value is -7.47. The third-order valence-electron chi connectivity index (χ3n) is 22.4. The van der Waals surface area contributed by atoms with Gasteiger partial charge in [-0.1, -0.05) is 94.3 Å². The molecule has 694 valence electrons. The number of aliphatic hydroxyl groups is 9. The molecule has 4 fully saturated rings. The van der Waals surface area contributed by atoms with Crippen LogP contribution in [0.1, 0.15) is 108 Å². The Balaban J connectivity index is 0.000000216. The predicted octanol–water partition coefficient (Wildman–Crippen LogP) is 4.90. The molecule has 0 radical (unpaired) electrons. The topological polar surface area (TPSA) is 499 Å². The number of ether oxygens (including phenoxy) is 6. The van der Waals surface area contributed by atoms with Crippen LogP contribution in [-0.2, 0) is 38.0 Å². The Morgan fingerprint density at radius 3 is 1.30 bits per heavy atom. The summed E-state index contributed by atoms with van der Waals surface area (Å²) < 4.78 is 34.3. The first-order valence-corrected chi connectivity index (χ1v) is 54.6. The summed E-state index contributed by atoms with van der Waals surface area (Å²) in [5.41, 5.74) is 29.2. The smallest absolute Gasteiger partial charge is 0.481 e. The molecular weight excluding hydrogens is 1680 g/mol. The summed E-state index contributed by atoms with van der Waals surface area (Å²) in [6.45, 7) is 25.7. The van der Waals surface area contributed by atoms with Gasteiger partial charge in [-0.05, 0) is 171 Å². The zero-order valence-electron chi connectivity index (χ0n) is 74.2. The summed E-state index contributed by atoms with van der Waals surface area (Å²) in [5.74, 6) is 5.36. The summed E-state index contributed by atoms with van der Waals surface area (Å²) in [6, 6.07) is 16.1. The Kier molecular flexibility index (Phi) is 38.0. The van der Waals surface area contributed by atoms with Crippen molar-refractivity contribution in [1.29, 1.82) is 0 Å². The maximum absolute atomic E-state index is 12.6. The Morgan fingerprint density at radius 1 is 0.552 bits per heavy atom. The number of unbranched alkanes of at least 4 members (excludes halogenated alkanes) is 2. The van der Waals surface area contributed by atoms with Crippen LogP contribution in [0.3, 0.4) is 0 Å². The fraction of sp³-hybridized carbons (Fsp3) is 0.580. The van der Waals surface area contributed by atoms with E-state index in [1.807, 2.05) is 36.4 Å². The first-order valence-electron chi connectivity index (χ1n) is 42.4. The minimum Gasteiger partial charge on any atom is -0.481 e. The average Bonchev–Trinajstić information content (AvgIpc) is 1.65. The molecule has 37 heteroatoms. The molecule has 33 nitrogen and oxygen atoms in total. The number of guanidine groups is 2. The van der Waals surface area contributed by atoms with Crippen molar-refractivity contribution in [1.82, 2.24) is 30.2 Å². The van der Waals surface area contributed by atoms with Crippen LogP contribution in [-0.4, -0.2) is 352 Å². The predicted molar refractivity (Wildman–Crippen MR) is 504 cm³/mol. The van der Waals surface area contributed by atoms with E-state index in [0.29, 0.717) is 111 Å². The summed E-state index contributed by atoms with van der Waals surface area (Å²) in [7, 11) is 0. The van der Waals surface area contributed by atoms with Crippen molar-refractivity contribution in [3.05, 3.63) is 133 Å². The number of aliphatic carboxylic acids is 1. The molecule has 0 bridgehead atoms. The van der Waals surface area contributed by atoms with E-state index in [1.165, 1.54) is 0 Å². The third kappa shape index (κ3) is 29.5. The van der Waals surface area contributed by atoms with E-state index < -0.39 is 162 Å². The minimum absolute atomic E-state index is 0.0655. The number of amidine groups is 2. The molecule has 4 saturated heterocycles. The van der Waals surface area contributed by atoms with E-state index in [1.54, 1.807) is 77.3 Å². The van der Waals surface area contributed by atoms with Gasteiger partial charge < -0.3 is 123 Å². The summed E-state index contributed by atoms with van der Waals surface area (Å²) >= 11 is 0. The molecule has 20 atom stereocenters. The summed E-state index contributed by atoms with van der Waals surface area (Å²) in [6.07, 6.45) is 22.0. The first-order chi connectivity index (χ1) is 58.7. The van der Waals surface area contributed by atoms with Gasteiger partial charge in [-0.25, -0.2) is 14.8 Å². The van der Waals surface area contributed by atoms with Gasteiger partial charge in [0, 0.05) is 62.4 Å². The highest BCUT2D eigenvalue weighted by atomic mass is 31.2. The number of benzene rings is 2. The van der Waals surface area contributed by atoms with Crippen molar-refractivity contribution in [2.24, 2.45) is 54.7 Å². The number of carbonyl (C=O) groups excluding carboxylic acids is 2. The fourth-order valence-electron chi connectivity index (χ4n) is 15.1. The van der Waals surface area contributed by atoms with E-state index in [0.717, 1.165) is 59.7 Å². The lowest BCUT2D eigenvalue weighted by Crippen LogP contribution is -2.56. The molecule has 9 aliphatic rings. The average molecular weight is 1820 g/mol. The van der Waals surface area contributed by atoms with Gasteiger partial charge in [0.15, 0.2) is 24.9 Å². The molecule has 8 aliphatic heterocycles. The van der Waals surface area contributed by atoms with Crippen molar-refractivity contribution >= 4 is 94.4 Å². The lowest BCUT2D eigenvalue weighted by molar-refractivity contribution is -0.144. The number of nitrogens with zero attached hydrogens (tertiary/aromatic N) is 8. The molecular formula is C88H138N14O19P4. The maximum atomic E-state index is 12.6. The van der Waals surface area contributed by atoms with Crippen LogP contribution >= 0.6 is 27.5 Å². The van der Waals surface area contributed by atoms with Crippen LogP contribution in [0.15, 0.2) is 141 Å². The van der Waals surface area contributed by atoms with Gasteiger partial charge in [0.05, 0.1) is 54.2 Å². The van der Waals surface area contributed by atoms with Crippen molar-refractivity contribution < 1.29 is 93.9 Å². The second kappa shape index (κ2) is 46.2. The number of carbonyl (C=O) groups is 3. The monoisotopic (exact) mass is 1820 g/mol. The molecule has 0 aromatic heterocycles. The van der Waals surface area contributed by atoms with Gasteiger partial charge in [-0.15, -0.1) is 58.7 Å². The quantitative estimate of drug-likeness (QED) is 0.0152. The number of hydrogen-bond acceptors (Lipinski definition) is 28. The van der Waals surface area contributed by atoms with Gasteiger partial charge in [0.1, 0.15) is 78.8 Å². The molecule has 125 heavy (non-hydrogen) atoms. The second-order valence-electron chi connectivity index (χ2n) is 35.8. The van der Waals surface area contributed by atoms with E-state index in [9.17, 15) is 55.2 Å². The third-order valence-corrected chi connectivity index (χ3v) is 28.2. The molecule has 0 amide bonds. The van der Waals surface area contributed by atoms with Crippen LogP contribution < -0.4 is 33.6 Å². The molecule has 20 N–H and O–H groups in total. The number of hydrogen-bond donors (Lipinski definition) is 16. The van der Waals surface area contributed by atoms with Crippen molar-refractivity contribution in [3.8, 4) is 23.0 Å². The zero-order valence-corrected chi connectivity index (χ0v) is 77.8. The van der Waals surface area contributed by atoms with Gasteiger partial charge in [0.25, 0.3) is 0 Å². The number of rotatable bonds is 32. The molecule has 2 aromatic rings. The number of nitrogens with two attached hydrogens (primary N) is 4. The van der Waals surface area contributed by atoms with Crippen LogP contribution in [0.25, 0.3) is 11.1 Å². The van der Waals surface area contributed by atoms with E-state index >= 15 is 0 Å². The normalized spacial score (nSPS) is 29.0. The van der Waals surface area contributed by atoms with Crippen molar-refractivity contribution in [3.63, 3.8) is 0 Å².